The zero-order valence-corrected chi connectivity index (χ0v) is 10.5. The number of nitrogens with zero attached hydrogens (tertiary/aromatic N) is 1. The number of pyridine rings is 1. The molecule has 0 unspecified atom stereocenters. The molecule has 0 amide bonds. The fourth-order valence-electron chi connectivity index (χ4n) is 1.11. The Hall–Kier alpha value is -0.750. The van der Waals surface area contributed by atoms with Crippen LogP contribution in [0.4, 0.5) is 8.78 Å². The maximum Gasteiger partial charge on any atom is 0.340 e. The van der Waals surface area contributed by atoms with Gasteiger partial charge in [-0.05, 0) is 15.9 Å². The van der Waals surface area contributed by atoms with E-state index < -0.39 is 18.1 Å². The largest absolute Gasteiger partial charge is 0.465 e. The molecule has 0 aromatic carbocycles. The molecule has 0 spiro atoms. The average molecular weight is 315 g/mol. The van der Waals surface area contributed by atoms with E-state index in [-0.39, 0.29) is 21.5 Å². The Kier molecular flexibility index (Phi) is 4.61. The summed E-state index contributed by atoms with van der Waals surface area (Å²) in [4.78, 5) is 14.8. The van der Waals surface area contributed by atoms with E-state index in [2.05, 4.69) is 25.7 Å². The first-order chi connectivity index (χ1) is 7.52. The molecule has 0 radical (unpaired) electrons. The fourth-order valence-corrected chi connectivity index (χ4v) is 2.15. The van der Waals surface area contributed by atoms with Gasteiger partial charge < -0.3 is 4.74 Å². The van der Waals surface area contributed by atoms with E-state index in [1.807, 2.05) is 0 Å². The SMILES string of the molecule is COC(=O)c1cnc(C(F)F)c(CCl)c1Br. The number of rotatable bonds is 3. The summed E-state index contributed by atoms with van der Waals surface area (Å²) in [5.74, 6) is -0.829. The van der Waals surface area contributed by atoms with Crippen LogP contribution in [0.1, 0.15) is 28.0 Å². The molecular weight excluding hydrogens is 307 g/mol. The van der Waals surface area contributed by atoms with E-state index in [1.165, 1.54) is 7.11 Å². The normalized spacial score (nSPS) is 10.6. The van der Waals surface area contributed by atoms with E-state index >= 15 is 0 Å². The van der Waals surface area contributed by atoms with Crippen molar-refractivity contribution in [2.24, 2.45) is 0 Å². The van der Waals surface area contributed by atoms with Gasteiger partial charge in [-0.2, -0.15) is 0 Å². The van der Waals surface area contributed by atoms with Crippen LogP contribution in [0, 0.1) is 0 Å². The molecule has 0 aliphatic heterocycles. The molecule has 0 aliphatic carbocycles. The molecule has 1 aromatic rings. The molecule has 1 aromatic heterocycles. The van der Waals surface area contributed by atoms with E-state index in [0.29, 0.717) is 0 Å². The summed E-state index contributed by atoms with van der Waals surface area (Å²) in [7, 11) is 1.19. The van der Waals surface area contributed by atoms with Gasteiger partial charge in [-0.15, -0.1) is 11.6 Å². The maximum atomic E-state index is 12.6. The molecular formula is C9H7BrClF2NO2. The van der Waals surface area contributed by atoms with Gasteiger partial charge in [-0.1, -0.05) is 0 Å². The summed E-state index contributed by atoms with van der Waals surface area (Å²) in [6.07, 6.45) is -1.70. The summed E-state index contributed by atoms with van der Waals surface area (Å²) in [5.41, 5.74) is -0.267. The zero-order chi connectivity index (χ0) is 12.3. The van der Waals surface area contributed by atoms with Crippen molar-refractivity contribution in [2.75, 3.05) is 7.11 Å². The Labute approximate surface area is 104 Å². The number of hydrogen-bond acceptors (Lipinski definition) is 3. The Morgan fingerprint density at radius 3 is 2.75 bits per heavy atom. The van der Waals surface area contributed by atoms with Crippen molar-refractivity contribution < 1.29 is 18.3 Å². The lowest BCUT2D eigenvalue weighted by atomic mass is 10.1. The van der Waals surface area contributed by atoms with E-state index in [9.17, 15) is 13.6 Å². The summed E-state index contributed by atoms with van der Waals surface area (Å²) in [6, 6.07) is 0. The topological polar surface area (TPSA) is 39.2 Å². The van der Waals surface area contributed by atoms with Crippen LogP contribution in [0.25, 0.3) is 0 Å². The minimum atomic E-state index is -2.74. The van der Waals surface area contributed by atoms with Crippen LogP contribution in [0.3, 0.4) is 0 Å². The summed E-state index contributed by atoms with van der Waals surface area (Å²) < 4.78 is 29.8. The van der Waals surface area contributed by atoms with Gasteiger partial charge in [0.25, 0.3) is 6.43 Å². The molecule has 0 bridgehead atoms. The summed E-state index contributed by atoms with van der Waals surface area (Å²) in [6.45, 7) is 0. The van der Waals surface area contributed by atoms with Crippen LogP contribution in [0.15, 0.2) is 10.7 Å². The Bertz CT molecular complexity index is 415. The fraction of sp³-hybridized carbons (Fsp3) is 0.333. The Morgan fingerprint density at radius 2 is 2.31 bits per heavy atom. The minimum absolute atomic E-state index is 0.0718. The van der Waals surface area contributed by atoms with Gasteiger partial charge in [0.2, 0.25) is 0 Å². The van der Waals surface area contributed by atoms with Crippen molar-refractivity contribution in [3.63, 3.8) is 0 Å². The highest BCUT2D eigenvalue weighted by atomic mass is 79.9. The van der Waals surface area contributed by atoms with Crippen LogP contribution in [-0.2, 0) is 10.6 Å². The molecule has 1 rings (SSSR count). The van der Waals surface area contributed by atoms with Crippen LogP contribution in [0.5, 0.6) is 0 Å². The third-order valence-corrected chi connectivity index (χ3v) is 3.06. The molecule has 16 heavy (non-hydrogen) atoms. The van der Waals surface area contributed by atoms with E-state index in [4.69, 9.17) is 11.6 Å². The van der Waals surface area contributed by atoms with Gasteiger partial charge in [0.1, 0.15) is 5.69 Å². The number of hydrogen-bond donors (Lipinski definition) is 0. The van der Waals surface area contributed by atoms with Gasteiger partial charge in [0.05, 0.1) is 18.6 Å². The first kappa shape index (κ1) is 13.3. The van der Waals surface area contributed by atoms with Gasteiger partial charge in [-0.3, -0.25) is 4.98 Å². The molecule has 1 heterocycles. The average Bonchev–Trinajstić information content (AvgIpc) is 2.27. The first-order valence-corrected chi connectivity index (χ1v) is 5.45. The first-order valence-electron chi connectivity index (χ1n) is 4.12. The number of esters is 1. The molecule has 88 valence electrons. The highest BCUT2D eigenvalue weighted by molar-refractivity contribution is 9.10. The predicted molar refractivity (Wildman–Crippen MR) is 57.8 cm³/mol. The lowest BCUT2D eigenvalue weighted by Crippen LogP contribution is -2.08. The number of carbonyl (C=O) groups excluding carboxylic acids is 1. The number of alkyl halides is 3. The maximum absolute atomic E-state index is 12.6. The zero-order valence-electron chi connectivity index (χ0n) is 8.14. The molecule has 3 nitrogen and oxygen atoms in total. The lowest BCUT2D eigenvalue weighted by molar-refractivity contribution is 0.0598. The van der Waals surface area contributed by atoms with Crippen LogP contribution >= 0.6 is 27.5 Å². The second kappa shape index (κ2) is 5.54. The third kappa shape index (κ3) is 2.49. The number of methoxy groups -OCH3 is 1. The Balaban J connectivity index is 3.34. The van der Waals surface area contributed by atoms with E-state index in [0.717, 1.165) is 6.20 Å². The number of aromatic nitrogens is 1. The van der Waals surface area contributed by atoms with E-state index in [1.54, 1.807) is 0 Å². The monoisotopic (exact) mass is 313 g/mol. The van der Waals surface area contributed by atoms with Crippen molar-refractivity contribution in [1.82, 2.24) is 4.98 Å². The molecule has 0 N–H and O–H groups in total. The van der Waals surface area contributed by atoms with Crippen molar-refractivity contribution >= 4 is 33.5 Å². The predicted octanol–water partition coefficient (Wildman–Crippen LogP) is 3.31. The summed E-state index contributed by atoms with van der Waals surface area (Å²) in [5, 5.41) is 0. The van der Waals surface area contributed by atoms with Crippen LogP contribution in [0.2, 0.25) is 0 Å². The van der Waals surface area contributed by atoms with Crippen molar-refractivity contribution in [2.45, 2.75) is 12.3 Å². The number of halogens is 4. The molecule has 0 saturated heterocycles. The molecule has 0 atom stereocenters. The second-order valence-corrected chi connectivity index (χ2v) is 3.84. The molecule has 0 saturated carbocycles. The highest BCUT2D eigenvalue weighted by Crippen LogP contribution is 2.30. The highest BCUT2D eigenvalue weighted by Gasteiger charge is 2.22. The standard InChI is InChI=1S/C9H7BrClF2NO2/c1-16-9(15)5-3-14-7(8(12)13)4(2-11)6(5)10/h3,8H,2H2,1H3. The summed E-state index contributed by atoms with van der Waals surface area (Å²) >= 11 is 8.59. The molecule has 7 heteroatoms. The molecule has 0 aliphatic rings. The third-order valence-electron chi connectivity index (χ3n) is 1.89. The Morgan fingerprint density at radius 1 is 1.69 bits per heavy atom. The van der Waals surface area contributed by atoms with Gasteiger partial charge in [0.15, 0.2) is 0 Å². The van der Waals surface area contributed by atoms with Gasteiger partial charge >= 0.3 is 5.97 Å². The van der Waals surface area contributed by atoms with Crippen LogP contribution in [-0.4, -0.2) is 18.1 Å². The number of ether oxygens (including phenoxy) is 1. The quantitative estimate of drug-likeness (QED) is 0.635. The smallest absolute Gasteiger partial charge is 0.340 e. The second-order valence-electron chi connectivity index (χ2n) is 2.78. The van der Waals surface area contributed by atoms with Crippen molar-refractivity contribution in [3.05, 3.63) is 27.5 Å². The van der Waals surface area contributed by atoms with Crippen LogP contribution < -0.4 is 0 Å². The van der Waals surface area contributed by atoms with Gasteiger partial charge in [-0.25, -0.2) is 13.6 Å². The van der Waals surface area contributed by atoms with Gasteiger partial charge in [0, 0.05) is 16.2 Å². The van der Waals surface area contributed by atoms with Crippen molar-refractivity contribution in [1.29, 1.82) is 0 Å². The molecule has 0 fully saturated rings. The lowest BCUT2D eigenvalue weighted by Gasteiger charge is -2.10. The van der Waals surface area contributed by atoms with Crippen molar-refractivity contribution in [3.8, 4) is 0 Å². The number of carbonyl (C=O) groups is 1. The minimum Gasteiger partial charge on any atom is -0.465 e.